The number of halogens is 1. The van der Waals surface area contributed by atoms with Crippen LogP contribution in [0, 0.1) is 0 Å². The van der Waals surface area contributed by atoms with Crippen LogP contribution in [0.15, 0.2) is 18.6 Å². The van der Waals surface area contributed by atoms with E-state index in [0.717, 1.165) is 36.4 Å². The topological polar surface area (TPSA) is 56.2 Å². The second kappa shape index (κ2) is 4.98. The Morgan fingerprint density at radius 3 is 2.93 bits per heavy atom. The van der Waals surface area contributed by atoms with Crippen LogP contribution in [0.2, 0.25) is 0 Å². The van der Waals surface area contributed by atoms with Gasteiger partial charge >= 0.3 is 0 Å². The summed E-state index contributed by atoms with van der Waals surface area (Å²) in [5.41, 5.74) is 7.77. The Morgan fingerprint density at radius 2 is 2.27 bits per heavy atom. The van der Waals surface area contributed by atoms with Crippen LogP contribution in [0.5, 0.6) is 0 Å². The van der Waals surface area contributed by atoms with Crippen LogP contribution in [0.4, 0.5) is 5.82 Å². The molecule has 2 rings (SSSR count). The van der Waals surface area contributed by atoms with Crippen molar-refractivity contribution in [3.63, 3.8) is 0 Å². The molecule has 2 aromatic heterocycles. The third kappa shape index (κ3) is 2.21. The van der Waals surface area contributed by atoms with E-state index in [-0.39, 0.29) is 12.4 Å². The molecule has 0 bridgehead atoms. The summed E-state index contributed by atoms with van der Waals surface area (Å²) < 4.78 is 1.87. The van der Waals surface area contributed by atoms with Gasteiger partial charge in [-0.25, -0.2) is 4.98 Å². The van der Waals surface area contributed by atoms with E-state index in [1.807, 2.05) is 10.6 Å². The third-order valence-corrected chi connectivity index (χ3v) is 2.31. The van der Waals surface area contributed by atoms with E-state index in [4.69, 9.17) is 5.73 Å². The van der Waals surface area contributed by atoms with Crippen molar-refractivity contribution in [2.24, 2.45) is 0 Å². The van der Waals surface area contributed by atoms with E-state index in [1.165, 1.54) is 0 Å². The number of fused-ring (bicyclic) bond motifs is 1. The lowest BCUT2D eigenvalue weighted by atomic mass is 10.2. The number of nitrogens with two attached hydrogens (primary N) is 1. The first-order valence-corrected chi connectivity index (χ1v) is 4.89. The van der Waals surface area contributed by atoms with Crippen LogP contribution in [-0.2, 0) is 6.42 Å². The lowest BCUT2D eigenvalue weighted by Gasteiger charge is -1.96. The smallest absolute Gasteiger partial charge is 0.157 e. The Hall–Kier alpha value is -1.29. The minimum atomic E-state index is 0. The summed E-state index contributed by atoms with van der Waals surface area (Å²) in [7, 11) is 0. The van der Waals surface area contributed by atoms with E-state index in [1.54, 1.807) is 12.4 Å². The molecule has 4 nitrogen and oxygen atoms in total. The monoisotopic (exact) mass is 226 g/mol. The molecular weight excluding hydrogens is 212 g/mol. The summed E-state index contributed by atoms with van der Waals surface area (Å²) in [6.07, 6.45) is 8.52. The van der Waals surface area contributed by atoms with Crippen LogP contribution in [0.1, 0.15) is 25.5 Å². The number of aromatic nitrogens is 3. The molecule has 0 amide bonds. The van der Waals surface area contributed by atoms with Crippen molar-refractivity contribution in [1.29, 1.82) is 0 Å². The number of rotatable bonds is 3. The quantitative estimate of drug-likeness (QED) is 0.872. The zero-order valence-corrected chi connectivity index (χ0v) is 9.50. The number of hydrogen-bond donors (Lipinski definition) is 1. The van der Waals surface area contributed by atoms with Crippen molar-refractivity contribution in [3.8, 4) is 0 Å². The van der Waals surface area contributed by atoms with E-state index in [0.29, 0.717) is 0 Å². The Balaban J connectivity index is 0.00000112. The molecule has 0 aliphatic carbocycles. The zero-order valence-electron chi connectivity index (χ0n) is 8.68. The summed E-state index contributed by atoms with van der Waals surface area (Å²) in [5, 5.41) is 0. The van der Waals surface area contributed by atoms with Gasteiger partial charge in [0.25, 0.3) is 0 Å². The molecule has 0 saturated carbocycles. The fraction of sp³-hybridized carbons (Fsp3) is 0.400. The van der Waals surface area contributed by atoms with Crippen molar-refractivity contribution < 1.29 is 0 Å². The summed E-state index contributed by atoms with van der Waals surface area (Å²) in [6.45, 7) is 2.16. The second-order valence-electron chi connectivity index (χ2n) is 3.35. The van der Waals surface area contributed by atoms with Crippen molar-refractivity contribution >= 4 is 23.9 Å². The molecule has 0 aliphatic heterocycles. The molecule has 0 atom stereocenters. The first-order valence-electron chi connectivity index (χ1n) is 4.89. The molecule has 0 saturated heterocycles. The predicted molar refractivity (Wildman–Crippen MR) is 63.3 cm³/mol. The number of nitrogens with zero attached hydrogens (tertiary/aromatic N) is 3. The maximum atomic E-state index is 5.95. The van der Waals surface area contributed by atoms with Gasteiger partial charge in [-0.15, -0.1) is 12.4 Å². The van der Waals surface area contributed by atoms with E-state index in [9.17, 15) is 0 Å². The number of anilines is 1. The minimum Gasteiger partial charge on any atom is -0.383 e. The molecule has 0 aliphatic rings. The normalized spacial score (nSPS) is 10.2. The van der Waals surface area contributed by atoms with Gasteiger partial charge < -0.3 is 5.73 Å². The highest BCUT2D eigenvalue weighted by molar-refractivity contribution is 5.85. The SMILES string of the molecule is CCCCc1nc2cnccn2c1N.Cl. The lowest BCUT2D eigenvalue weighted by Crippen LogP contribution is -1.96. The van der Waals surface area contributed by atoms with Crippen molar-refractivity contribution in [2.45, 2.75) is 26.2 Å². The average molecular weight is 227 g/mol. The molecule has 0 radical (unpaired) electrons. The van der Waals surface area contributed by atoms with E-state index < -0.39 is 0 Å². The van der Waals surface area contributed by atoms with Crippen LogP contribution in [0.3, 0.4) is 0 Å². The van der Waals surface area contributed by atoms with Gasteiger partial charge in [0.2, 0.25) is 0 Å². The molecule has 2 heterocycles. The molecule has 82 valence electrons. The molecule has 2 N–H and O–H groups in total. The molecule has 0 spiro atoms. The fourth-order valence-electron chi connectivity index (χ4n) is 1.50. The van der Waals surface area contributed by atoms with Gasteiger partial charge in [0.15, 0.2) is 5.65 Å². The summed E-state index contributed by atoms with van der Waals surface area (Å²) in [4.78, 5) is 8.43. The third-order valence-electron chi connectivity index (χ3n) is 2.31. The molecule has 15 heavy (non-hydrogen) atoms. The van der Waals surface area contributed by atoms with Gasteiger partial charge in [-0.05, 0) is 12.8 Å². The second-order valence-corrected chi connectivity index (χ2v) is 3.35. The summed E-state index contributed by atoms with van der Waals surface area (Å²) in [6, 6.07) is 0. The first kappa shape index (κ1) is 11.8. The van der Waals surface area contributed by atoms with Crippen molar-refractivity contribution in [2.75, 3.05) is 5.73 Å². The van der Waals surface area contributed by atoms with Gasteiger partial charge in [-0.3, -0.25) is 9.38 Å². The number of nitrogen functional groups attached to an aromatic ring is 1. The number of aryl methyl sites for hydroxylation is 1. The first-order chi connectivity index (χ1) is 6.83. The fourth-order valence-corrected chi connectivity index (χ4v) is 1.50. The van der Waals surface area contributed by atoms with Gasteiger partial charge in [0, 0.05) is 12.4 Å². The summed E-state index contributed by atoms with van der Waals surface area (Å²) >= 11 is 0. The molecular formula is C10H15ClN4. The Bertz CT molecular complexity index is 438. The highest BCUT2D eigenvalue weighted by atomic mass is 35.5. The Morgan fingerprint density at radius 1 is 1.47 bits per heavy atom. The zero-order chi connectivity index (χ0) is 9.97. The Kier molecular flexibility index (Phi) is 3.91. The van der Waals surface area contributed by atoms with Gasteiger partial charge in [0.05, 0.1) is 11.9 Å². The minimum absolute atomic E-state index is 0. The van der Waals surface area contributed by atoms with E-state index in [2.05, 4.69) is 16.9 Å². The van der Waals surface area contributed by atoms with Crippen molar-refractivity contribution in [1.82, 2.24) is 14.4 Å². The number of hydrogen-bond acceptors (Lipinski definition) is 3. The number of imidazole rings is 1. The molecule has 2 aromatic rings. The predicted octanol–water partition coefficient (Wildman–Crippen LogP) is 2.08. The van der Waals surface area contributed by atoms with Crippen LogP contribution in [-0.4, -0.2) is 14.4 Å². The van der Waals surface area contributed by atoms with Gasteiger partial charge in [-0.2, -0.15) is 0 Å². The standard InChI is InChI=1S/C10H14N4.ClH/c1-2-3-4-8-10(11)14-6-5-12-7-9(14)13-8;/h5-7H,2-4,11H2,1H3;1H. The summed E-state index contributed by atoms with van der Waals surface area (Å²) in [5.74, 6) is 0.746. The molecule has 0 fully saturated rings. The van der Waals surface area contributed by atoms with Gasteiger partial charge in [0.1, 0.15) is 5.82 Å². The maximum Gasteiger partial charge on any atom is 0.157 e. The average Bonchev–Trinajstić information content (AvgIpc) is 2.54. The van der Waals surface area contributed by atoms with E-state index >= 15 is 0 Å². The van der Waals surface area contributed by atoms with Crippen LogP contribution < -0.4 is 5.73 Å². The number of unbranched alkanes of at least 4 members (excludes halogenated alkanes) is 1. The molecule has 0 unspecified atom stereocenters. The molecule has 0 aromatic carbocycles. The highest BCUT2D eigenvalue weighted by Crippen LogP contribution is 2.15. The van der Waals surface area contributed by atoms with Crippen molar-refractivity contribution in [3.05, 3.63) is 24.3 Å². The maximum absolute atomic E-state index is 5.95. The molecule has 5 heteroatoms. The Labute approximate surface area is 94.9 Å². The highest BCUT2D eigenvalue weighted by Gasteiger charge is 2.07. The lowest BCUT2D eigenvalue weighted by molar-refractivity contribution is 0.783. The van der Waals surface area contributed by atoms with Crippen LogP contribution >= 0.6 is 12.4 Å². The van der Waals surface area contributed by atoms with Crippen LogP contribution in [0.25, 0.3) is 5.65 Å². The van der Waals surface area contributed by atoms with Gasteiger partial charge in [-0.1, -0.05) is 13.3 Å². The largest absolute Gasteiger partial charge is 0.383 e.